The topological polar surface area (TPSA) is 69.8 Å². The second-order valence-corrected chi connectivity index (χ2v) is 6.39. The van der Waals surface area contributed by atoms with E-state index in [1.54, 1.807) is 6.20 Å². The Bertz CT molecular complexity index is 665. The number of hydrogen-bond donors (Lipinski definition) is 3. The summed E-state index contributed by atoms with van der Waals surface area (Å²) in [6.45, 7) is 0. The Labute approximate surface area is 123 Å². The maximum absolute atomic E-state index is 12.2. The van der Waals surface area contributed by atoms with Crippen LogP contribution in [0.1, 0.15) is 32.1 Å². The van der Waals surface area contributed by atoms with Crippen molar-refractivity contribution in [1.29, 1.82) is 0 Å². The van der Waals surface area contributed by atoms with E-state index in [9.17, 15) is 4.79 Å². The Balaban J connectivity index is 1.40. The minimum atomic E-state index is -0.0896. The van der Waals surface area contributed by atoms with Gasteiger partial charge in [0.15, 0.2) is 0 Å². The van der Waals surface area contributed by atoms with Crippen LogP contribution >= 0.6 is 0 Å². The van der Waals surface area contributed by atoms with Crippen molar-refractivity contribution >= 4 is 22.6 Å². The van der Waals surface area contributed by atoms with Crippen LogP contribution in [-0.2, 0) is 0 Å². The van der Waals surface area contributed by atoms with E-state index in [1.807, 2.05) is 18.2 Å². The zero-order valence-corrected chi connectivity index (χ0v) is 11.9. The van der Waals surface area contributed by atoms with Crippen LogP contribution in [0.3, 0.4) is 0 Å². The fraction of sp³-hybridized carbons (Fsp3) is 0.500. The molecule has 4 rings (SSSR count). The van der Waals surface area contributed by atoms with Crippen molar-refractivity contribution in [3.05, 3.63) is 24.4 Å². The average Bonchev–Trinajstić information content (AvgIpc) is 3.09. The lowest BCUT2D eigenvalue weighted by molar-refractivity contribution is 0.230. The number of rotatable bonds is 2. The molecule has 2 amide bonds. The normalized spacial score (nSPS) is 27.7. The van der Waals surface area contributed by atoms with Crippen molar-refractivity contribution in [2.45, 2.75) is 38.1 Å². The number of anilines is 1. The highest BCUT2D eigenvalue weighted by molar-refractivity contribution is 5.92. The molecule has 2 aliphatic carbocycles. The molecule has 3 N–H and O–H groups in total. The summed E-state index contributed by atoms with van der Waals surface area (Å²) in [5.74, 6) is 1.60. The summed E-state index contributed by atoms with van der Waals surface area (Å²) in [6.07, 6.45) is 8.08. The number of aromatic amines is 1. The molecule has 0 saturated heterocycles. The van der Waals surface area contributed by atoms with Crippen LogP contribution in [0.5, 0.6) is 0 Å². The molecule has 1 aromatic carbocycles. The molecular weight excluding hydrogens is 264 g/mol. The quantitative estimate of drug-likeness (QED) is 0.792. The van der Waals surface area contributed by atoms with Gasteiger partial charge in [0, 0.05) is 17.1 Å². The molecule has 21 heavy (non-hydrogen) atoms. The summed E-state index contributed by atoms with van der Waals surface area (Å²) in [5, 5.41) is 14.0. The van der Waals surface area contributed by atoms with Gasteiger partial charge in [-0.05, 0) is 55.7 Å². The number of fused-ring (bicyclic) bond motifs is 3. The highest BCUT2D eigenvalue weighted by atomic mass is 16.2. The number of urea groups is 1. The van der Waals surface area contributed by atoms with Gasteiger partial charge in [-0.1, -0.05) is 6.42 Å². The van der Waals surface area contributed by atoms with Crippen molar-refractivity contribution in [3.63, 3.8) is 0 Å². The van der Waals surface area contributed by atoms with Gasteiger partial charge in [0.2, 0.25) is 0 Å². The third-order valence-electron chi connectivity index (χ3n) is 5.05. The lowest BCUT2D eigenvalue weighted by Crippen LogP contribution is -2.43. The Kier molecular flexibility index (Phi) is 3.05. The molecule has 5 nitrogen and oxygen atoms in total. The Morgan fingerprint density at radius 2 is 2.14 bits per heavy atom. The first-order chi connectivity index (χ1) is 10.3. The number of carbonyl (C=O) groups is 1. The van der Waals surface area contributed by atoms with Gasteiger partial charge >= 0.3 is 6.03 Å². The summed E-state index contributed by atoms with van der Waals surface area (Å²) in [6, 6.07) is 6.02. The van der Waals surface area contributed by atoms with Crippen molar-refractivity contribution in [1.82, 2.24) is 15.5 Å². The number of amides is 2. The summed E-state index contributed by atoms with van der Waals surface area (Å²) in [4.78, 5) is 12.2. The minimum absolute atomic E-state index is 0.0896. The van der Waals surface area contributed by atoms with Crippen molar-refractivity contribution in [2.75, 3.05) is 5.32 Å². The van der Waals surface area contributed by atoms with E-state index < -0.39 is 0 Å². The first-order valence-corrected chi connectivity index (χ1v) is 7.78. The van der Waals surface area contributed by atoms with Gasteiger partial charge in [-0.2, -0.15) is 5.10 Å². The summed E-state index contributed by atoms with van der Waals surface area (Å²) < 4.78 is 0. The molecule has 2 aliphatic rings. The molecule has 2 saturated carbocycles. The van der Waals surface area contributed by atoms with E-state index in [1.165, 1.54) is 25.7 Å². The predicted molar refractivity (Wildman–Crippen MR) is 82.1 cm³/mol. The molecule has 1 heterocycles. The number of benzene rings is 1. The first-order valence-electron chi connectivity index (χ1n) is 7.78. The smallest absolute Gasteiger partial charge is 0.319 e. The first kappa shape index (κ1) is 12.7. The monoisotopic (exact) mass is 284 g/mol. The molecule has 1 aromatic heterocycles. The molecule has 110 valence electrons. The number of nitrogens with one attached hydrogen (secondary N) is 3. The van der Waals surface area contributed by atoms with Crippen LogP contribution in [0.4, 0.5) is 10.5 Å². The molecular formula is C16H20N4O. The van der Waals surface area contributed by atoms with Crippen LogP contribution in [-0.4, -0.2) is 22.3 Å². The zero-order chi connectivity index (χ0) is 14.2. The highest BCUT2D eigenvalue weighted by Gasteiger charge is 2.36. The number of nitrogens with zero attached hydrogens (tertiary/aromatic N) is 1. The zero-order valence-electron chi connectivity index (χ0n) is 11.9. The number of hydrogen-bond acceptors (Lipinski definition) is 2. The Hall–Kier alpha value is -2.04. The second-order valence-electron chi connectivity index (χ2n) is 6.39. The second kappa shape index (κ2) is 5.06. The van der Waals surface area contributed by atoms with E-state index in [4.69, 9.17) is 0 Å². The molecule has 3 unspecified atom stereocenters. The number of carbonyl (C=O) groups excluding carboxylic acids is 1. The van der Waals surface area contributed by atoms with Crippen molar-refractivity contribution < 1.29 is 4.79 Å². The molecule has 0 radical (unpaired) electrons. The number of aromatic nitrogens is 2. The van der Waals surface area contributed by atoms with Crippen LogP contribution in [0, 0.1) is 11.8 Å². The van der Waals surface area contributed by atoms with Gasteiger partial charge in [0.25, 0.3) is 0 Å². The fourth-order valence-electron chi connectivity index (χ4n) is 3.94. The van der Waals surface area contributed by atoms with Crippen molar-refractivity contribution in [3.8, 4) is 0 Å². The van der Waals surface area contributed by atoms with Crippen LogP contribution in [0.25, 0.3) is 10.9 Å². The predicted octanol–water partition coefficient (Wildman–Crippen LogP) is 3.26. The maximum Gasteiger partial charge on any atom is 0.319 e. The van der Waals surface area contributed by atoms with Gasteiger partial charge in [-0.25, -0.2) is 4.79 Å². The number of H-pyrrole nitrogens is 1. The third-order valence-corrected chi connectivity index (χ3v) is 5.05. The Morgan fingerprint density at radius 3 is 3.10 bits per heavy atom. The van der Waals surface area contributed by atoms with Gasteiger partial charge in [0.05, 0.1) is 11.7 Å². The average molecular weight is 284 g/mol. The summed E-state index contributed by atoms with van der Waals surface area (Å²) in [7, 11) is 0. The molecule has 2 bridgehead atoms. The summed E-state index contributed by atoms with van der Waals surface area (Å²) in [5.41, 5.74) is 1.78. The lowest BCUT2D eigenvalue weighted by Gasteiger charge is -2.29. The van der Waals surface area contributed by atoms with E-state index in [-0.39, 0.29) is 6.03 Å². The largest absolute Gasteiger partial charge is 0.335 e. The van der Waals surface area contributed by atoms with Crippen LogP contribution in [0.2, 0.25) is 0 Å². The molecule has 0 spiro atoms. The maximum atomic E-state index is 12.2. The molecule has 2 fully saturated rings. The van der Waals surface area contributed by atoms with Gasteiger partial charge in [0.1, 0.15) is 0 Å². The minimum Gasteiger partial charge on any atom is -0.335 e. The Morgan fingerprint density at radius 1 is 1.24 bits per heavy atom. The lowest BCUT2D eigenvalue weighted by atomic mass is 9.85. The molecule has 3 atom stereocenters. The summed E-state index contributed by atoms with van der Waals surface area (Å²) >= 11 is 0. The highest BCUT2D eigenvalue weighted by Crippen LogP contribution is 2.41. The van der Waals surface area contributed by atoms with E-state index in [0.717, 1.165) is 28.9 Å². The van der Waals surface area contributed by atoms with Gasteiger partial charge < -0.3 is 10.6 Å². The van der Waals surface area contributed by atoms with Crippen LogP contribution < -0.4 is 10.6 Å². The molecule has 0 aliphatic heterocycles. The SMILES string of the molecule is O=C(Nc1ccc2[nH]ncc2c1)NC1CCC2CCC1C2. The van der Waals surface area contributed by atoms with E-state index >= 15 is 0 Å². The third kappa shape index (κ3) is 2.48. The van der Waals surface area contributed by atoms with Crippen LogP contribution in [0.15, 0.2) is 24.4 Å². The standard InChI is InChI=1S/C16H20N4O/c21-16(19-14-5-2-10-1-3-11(14)7-10)18-13-4-6-15-12(8-13)9-17-20-15/h4,6,8-11,14H,1-3,5,7H2,(H,17,20)(H2,18,19,21). The molecule has 2 aromatic rings. The molecule has 5 heteroatoms. The fourth-order valence-corrected chi connectivity index (χ4v) is 3.94. The van der Waals surface area contributed by atoms with E-state index in [0.29, 0.717) is 12.0 Å². The van der Waals surface area contributed by atoms with E-state index in [2.05, 4.69) is 20.8 Å². The van der Waals surface area contributed by atoms with Gasteiger partial charge in [-0.3, -0.25) is 5.10 Å². The van der Waals surface area contributed by atoms with Crippen molar-refractivity contribution in [2.24, 2.45) is 11.8 Å². The van der Waals surface area contributed by atoms with Gasteiger partial charge in [-0.15, -0.1) is 0 Å².